The Morgan fingerprint density at radius 3 is 2.44 bits per heavy atom. The molecular weight excluding hydrogens is 220 g/mol. The van der Waals surface area contributed by atoms with Crippen LogP contribution in [0.1, 0.15) is 24.8 Å². The fourth-order valence-corrected chi connectivity index (χ4v) is 2.02. The van der Waals surface area contributed by atoms with Gasteiger partial charge in [0.1, 0.15) is 0 Å². The molecule has 1 aromatic carbocycles. The lowest BCUT2D eigenvalue weighted by Crippen LogP contribution is -2.54. The topological polar surface area (TPSA) is 38.0 Å². The lowest BCUT2D eigenvalue weighted by molar-refractivity contribution is 0.240. The molecule has 16 heavy (non-hydrogen) atoms. The van der Waals surface area contributed by atoms with E-state index >= 15 is 0 Å². The third-order valence-electron chi connectivity index (χ3n) is 3.26. The Hall–Kier alpha value is -0.570. The molecule has 0 atom stereocenters. The fourth-order valence-electron chi connectivity index (χ4n) is 2.02. The second-order valence-corrected chi connectivity index (χ2v) is 4.63. The molecule has 0 aromatic heterocycles. The minimum Gasteiger partial charge on any atom is -0.324 e. The molecule has 1 aliphatic rings. The average Bonchev–Trinajstić information content (AvgIpc) is 2.23. The summed E-state index contributed by atoms with van der Waals surface area (Å²) in [4.78, 5) is 0. The van der Waals surface area contributed by atoms with Crippen molar-refractivity contribution in [3.05, 3.63) is 35.9 Å². The number of nitrogens with two attached hydrogens (primary N) is 1. The summed E-state index contributed by atoms with van der Waals surface area (Å²) in [5, 5.41) is 3.45. The van der Waals surface area contributed by atoms with Crippen LogP contribution in [0.2, 0.25) is 0 Å². The van der Waals surface area contributed by atoms with Gasteiger partial charge in [0.05, 0.1) is 0 Å². The molecule has 1 saturated carbocycles. The maximum absolute atomic E-state index is 6.12. The lowest BCUT2D eigenvalue weighted by atomic mass is 9.78. The van der Waals surface area contributed by atoms with Crippen LogP contribution in [-0.4, -0.2) is 18.6 Å². The molecule has 0 saturated heterocycles. The van der Waals surface area contributed by atoms with Gasteiger partial charge in [0.15, 0.2) is 0 Å². The molecule has 2 rings (SSSR count). The number of halogens is 1. The van der Waals surface area contributed by atoms with Crippen molar-refractivity contribution in [3.63, 3.8) is 0 Å². The molecule has 3 N–H and O–H groups in total. The van der Waals surface area contributed by atoms with Crippen LogP contribution in [0.5, 0.6) is 0 Å². The molecule has 0 heterocycles. The van der Waals surface area contributed by atoms with Crippen molar-refractivity contribution in [2.75, 3.05) is 13.1 Å². The van der Waals surface area contributed by atoms with E-state index in [1.54, 1.807) is 0 Å². The zero-order valence-electron chi connectivity index (χ0n) is 9.61. The van der Waals surface area contributed by atoms with E-state index in [9.17, 15) is 0 Å². The van der Waals surface area contributed by atoms with Crippen LogP contribution in [0.4, 0.5) is 0 Å². The Balaban J connectivity index is 0.00000128. The molecule has 0 bridgehead atoms. The van der Waals surface area contributed by atoms with Gasteiger partial charge in [-0.1, -0.05) is 30.3 Å². The van der Waals surface area contributed by atoms with Crippen LogP contribution < -0.4 is 11.1 Å². The van der Waals surface area contributed by atoms with Gasteiger partial charge in [-0.2, -0.15) is 0 Å². The molecule has 1 aromatic rings. The number of nitrogens with one attached hydrogen (secondary N) is 1. The monoisotopic (exact) mass is 240 g/mol. The maximum Gasteiger partial charge on any atom is 0.0280 e. The second kappa shape index (κ2) is 6.24. The smallest absolute Gasteiger partial charge is 0.0280 e. The molecule has 0 unspecified atom stereocenters. The largest absolute Gasteiger partial charge is 0.324 e. The van der Waals surface area contributed by atoms with E-state index in [0.29, 0.717) is 0 Å². The summed E-state index contributed by atoms with van der Waals surface area (Å²) in [5.74, 6) is 0. The fraction of sp³-hybridized carbons (Fsp3) is 0.538. The quantitative estimate of drug-likeness (QED) is 0.774. The summed E-state index contributed by atoms with van der Waals surface area (Å²) in [6, 6.07) is 10.6. The van der Waals surface area contributed by atoms with Crippen molar-refractivity contribution in [3.8, 4) is 0 Å². The van der Waals surface area contributed by atoms with Crippen molar-refractivity contribution in [1.29, 1.82) is 0 Å². The average molecular weight is 241 g/mol. The Kier molecular flexibility index (Phi) is 5.26. The molecule has 2 nitrogen and oxygen atoms in total. The minimum atomic E-state index is 0. The van der Waals surface area contributed by atoms with E-state index in [1.807, 2.05) is 0 Å². The first-order chi connectivity index (χ1) is 7.29. The van der Waals surface area contributed by atoms with Gasteiger partial charge >= 0.3 is 0 Å². The Morgan fingerprint density at radius 1 is 1.19 bits per heavy atom. The highest BCUT2D eigenvalue weighted by atomic mass is 35.5. The molecule has 0 spiro atoms. The van der Waals surface area contributed by atoms with Crippen molar-refractivity contribution < 1.29 is 0 Å². The first-order valence-electron chi connectivity index (χ1n) is 5.82. The summed E-state index contributed by atoms with van der Waals surface area (Å²) in [6.45, 7) is 2.00. The predicted molar refractivity (Wildman–Crippen MR) is 71.0 cm³/mol. The van der Waals surface area contributed by atoms with Crippen molar-refractivity contribution >= 4 is 12.4 Å². The highest BCUT2D eigenvalue weighted by Gasteiger charge is 2.31. The van der Waals surface area contributed by atoms with E-state index in [0.717, 1.165) is 19.5 Å². The van der Waals surface area contributed by atoms with Crippen LogP contribution in [0.3, 0.4) is 0 Å². The van der Waals surface area contributed by atoms with Gasteiger partial charge < -0.3 is 11.1 Å². The van der Waals surface area contributed by atoms with Crippen LogP contribution >= 0.6 is 12.4 Å². The maximum atomic E-state index is 6.12. The van der Waals surface area contributed by atoms with Gasteiger partial charge in [-0.05, 0) is 37.8 Å². The van der Waals surface area contributed by atoms with Gasteiger partial charge in [-0.15, -0.1) is 12.4 Å². The third-order valence-corrected chi connectivity index (χ3v) is 3.26. The highest BCUT2D eigenvalue weighted by Crippen LogP contribution is 2.27. The van der Waals surface area contributed by atoms with Crippen molar-refractivity contribution in [1.82, 2.24) is 5.32 Å². The number of hydrogen-bond acceptors (Lipinski definition) is 2. The molecule has 90 valence electrons. The zero-order valence-corrected chi connectivity index (χ0v) is 10.4. The molecule has 1 aliphatic carbocycles. The number of benzene rings is 1. The standard InChI is InChI=1S/C13H20N2.ClH/c14-13(8-4-9-13)11-15-10-7-12-5-2-1-3-6-12;/h1-3,5-6,15H,4,7-11,14H2;1H. The van der Waals surface area contributed by atoms with Gasteiger partial charge in [0.2, 0.25) is 0 Å². The summed E-state index contributed by atoms with van der Waals surface area (Å²) in [6.07, 6.45) is 4.77. The van der Waals surface area contributed by atoms with E-state index in [1.165, 1.54) is 24.8 Å². The summed E-state index contributed by atoms with van der Waals surface area (Å²) in [7, 11) is 0. The van der Waals surface area contributed by atoms with E-state index in [2.05, 4.69) is 35.6 Å². The van der Waals surface area contributed by atoms with Crippen LogP contribution in [0.25, 0.3) is 0 Å². The first kappa shape index (κ1) is 13.5. The summed E-state index contributed by atoms with van der Waals surface area (Å²) < 4.78 is 0. The molecule has 1 fully saturated rings. The zero-order chi connectivity index (χ0) is 10.6. The van der Waals surface area contributed by atoms with Gasteiger partial charge in [-0.3, -0.25) is 0 Å². The Morgan fingerprint density at radius 2 is 1.88 bits per heavy atom. The van der Waals surface area contributed by atoms with Gasteiger partial charge in [0, 0.05) is 12.1 Å². The van der Waals surface area contributed by atoms with Crippen molar-refractivity contribution in [2.24, 2.45) is 5.73 Å². The van der Waals surface area contributed by atoms with Crippen LogP contribution in [-0.2, 0) is 6.42 Å². The Bertz CT molecular complexity index is 296. The van der Waals surface area contributed by atoms with Gasteiger partial charge in [-0.25, -0.2) is 0 Å². The first-order valence-corrected chi connectivity index (χ1v) is 5.82. The van der Waals surface area contributed by atoms with Crippen LogP contribution in [0.15, 0.2) is 30.3 Å². The molecule has 3 heteroatoms. The SMILES string of the molecule is Cl.NC1(CNCCc2ccccc2)CCC1. The van der Waals surface area contributed by atoms with E-state index in [4.69, 9.17) is 5.73 Å². The number of rotatable bonds is 5. The predicted octanol–water partition coefficient (Wildman–Crippen LogP) is 2.12. The highest BCUT2D eigenvalue weighted by molar-refractivity contribution is 5.85. The normalized spacial score (nSPS) is 17.3. The molecule has 0 radical (unpaired) electrons. The summed E-state index contributed by atoms with van der Waals surface area (Å²) in [5.41, 5.74) is 7.62. The molecule has 0 aliphatic heterocycles. The minimum absolute atomic E-state index is 0. The molecule has 0 amide bonds. The Labute approximate surface area is 104 Å². The van der Waals surface area contributed by atoms with Crippen molar-refractivity contribution in [2.45, 2.75) is 31.2 Å². The van der Waals surface area contributed by atoms with Gasteiger partial charge in [0.25, 0.3) is 0 Å². The second-order valence-electron chi connectivity index (χ2n) is 4.63. The molecular formula is C13H21ClN2. The van der Waals surface area contributed by atoms with Crippen LogP contribution in [0, 0.1) is 0 Å². The third kappa shape index (κ3) is 3.78. The summed E-state index contributed by atoms with van der Waals surface area (Å²) >= 11 is 0. The number of hydrogen-bond donors (Lipinski definition) is 2. The lowest BCUT2D eigenvalue weighted by Gasteiger charge is -2.38. The van der Waals surface area contributed by atoms with E-state index in [-0.39, 0.29) is 17.9 Å². The van der Waals surface area contributed by atoms with E-state index < -0.39 is 0 Å².